The van der Waals surface area contributed by atoms with Crippen molar-refractivity contribution in [3.63, 3.8) is 0 Å². The molecule has 1 N–H and O–H groups in total. The summed E-state index contributed by atoms with van der Waals surface area (Å²) in [4.78, 5) is 37.4. The Kier molecular flexibility index (Phi) is 5.13. The number of hydrogen-bond acceptors (Lipinski definition) is 4. The molecular weight excluding hydrogens is 362 g/mol. The first-order chi connectivity index (χ1) is 12.4. The molecule has 0 spiro atoms. The molecule has 132 valence electrons. The van der Waals surface area contributed by atoms with Gasteiger partial charge in [0.15, 0.2) is 11.6 Å². The van der Waals surface area contributed by atoms with E-state index in [1.165, 1.54) is 6.07 Å². The number of carbonyl (C=O) groups is 3. The molecule has 3 rings (SSSR count). The Hall–Kier alpha value is -3.00. The molecule has 1 aliphatic rings. The molecule has 1 aliphatic heterocycles. The van der Waals surface area contributed by atoms with Crippen molar-refractivity contribution < 1.29 is 23.2 Å². The third-order valence-corrected chi connectivity index (χ3v) is 4.38. The lowest BCUT2D eigenvalue weighted by Crippen LogP contribution is -2.36. The second-order valence-corrected chi connectivity index (χ2v) is 6.35. The molecule has 0 aliphatic carbocycles. The van der Waals surface area contributed by atoms with Gasteiger partial charge in [-0.1, -0.05) is 30.3 Å². The van der Waals surface area contributed by atoms with E-state index in [4.69, 9.17) is 0 Å². The summed E-state index contributed by atoms with van der Waals surface area (Å²) in [5.74, 6) is -3.43. The van der Waals surface area contributed by atoms with Gasteiger partial charge in [0.25, 0.3) is 11.1 Å². The van der Waals surface area contributed by atoms with E-state index in [2.05, 4.69) is 5.32 Å². The molecule has 0 unspecified atom stereocenters. The average molecular weight is 374 g/mol. The van der Waals surface area contributed by atoms with Crippen LogP contribution in [0.4, 0.5) is 19.3 Å². The van der Waals surface area contributed by atoms with Crippen molar-refractivity contribution in [1.29, 1.82) is 0 Å². The van der Waals surface area contributed by atoms with E-state index in [9.17, 15) is 23.2 Å². The number of anilines is 1. The molecule has 0 bridgehead atoms. The Labute approximate surface area is 151 Å². The van der Waals surface area contributed by atoms with Crippen molar-refractivity contribution in [2.75, 3.05) is 11.9 Å². The minimum absolute atomic E-state index is 0.0284. The Bertz CT molecular complexity index is 916. The van der Waals surface area contributed by atoms with Gasteiger partial charge in [0.1, 0.15) is 6.54 Å². The molecular formula is C18H12F2N2O3S. The molecule has 0 atom stereocenters. The summed E-state index contributed by atoms with van der Waals surface area (Å²) in [6.45, 7) is -0.518. The van der Waals surface area contributed by atoms with Gasteiger partial charge in [0, 0.05) is 11.8 Å². The summed E-state index contributed by atoms with van der Waals surface area (Å²) in [5.41, 5.74) is 0.782. The summed E-state index contributed by atoms with van der Waals surface area (Å²) in [7, 11) is 0. The lowest BCUT2D eigenvalue weighted by molar-refractivity contribution is -0.127. The summed E-state index contributed by atoms with van der Waals surface area (Å²) >= 11 is 0.738. The van der Waals surface area contributed by atoms with E-state index >= 15 is 0 Å². The van der Waals surface area contributed by atoms with Crippen LogP contribution < -0.4 is 5.32 Å². The predicted molar refractivity (Wildman–Crippen MR) is 94.1 cm³/mol. The average Bonchev–Trinajstić information content (AvgIpc) is 2.86. The lowest BCUT2D eigenvalue weighted by Gasteiger charge is -2.12. The summed E-state index contributed by atoms with van der Waals surface area (Å²) in [6, 6.07) is 11.8. The number of imide groups is 1. The molecule has 1 fully saturated rings. The molecule has 1 heterocycles. The van der Waals surface area contributed by atoms with Gasteiger partial charge < -0.3 is 5.32 Å². The Morgan fingerprint density at radius 3 is 2.50 bits per heavy atom. The Morgan fingerprint density at radius 2 is 1.81 bits per heavy atom. The van der Waals surface area contributed by atoms with Crippen molar-refractivity contribution in [3.8, 4) is 0 Å². The van der Waals surface area contributed by atoms with Crippen LogP contribution in [0.3, 0.4) is 0 Å². The molecule has 1 saturated heterocycles. The number of halogens is 2. The van der Waals surface area contributed by atoms with Gasteiger partial charge in [-0.05, 0) is 35.5 Å². The maximum Gasteiger partial charge on any atom is 0.294 e. The highest BCUT2D eigenvalue weighted by atomic mass is 32.2. The van der Waals surface area contributed by atoms with Crippen molar-refractivity contribution >= 4 is 40.6 Å². The highest BCUT2D eigenvalue weighted by molar-refractivity contribution is 8.18. The van der Waals surface area contributed by atoms with Crippen LogP contribution in [-0.2, 0) is 9.59 Å². The smallest absolute Gasteiger partial charge is 0.294 e. The summed E-state index contributed by atoms with van der Waals surface area (Å²) < 4.78 is 26.1. The molecule has 0 radical (unpaired) electrons. The van der Waals surface area contributed by atoms with E-state index < -0.39 is 35.2 Å². The zero-order valence-electron chi connectivity index (χ0n) is 13.2. The normalized spacial score (nSPS) is 15.6. The second-order valence-electron chi connectivity index (χ2n) is 5.36. The maximum absolute atomic E-state index is 13.2. The number of benzene rings is 2. The zero-order valence-corrected chi connectivity index (χ0v) is 14.1. The van der Waals surface area contributed by atoms with Gasteiger partial charge in [-0.3, -0.25) is 19.3 Å². The Balaban J connectivity index is 1.68. The monoisotopic (exact) mass is 374 g/mol. The van der Waals surface area contributed by atoms with Crippen LogP contribution in [0.5, 0.6) is 0 Å². The van der Waals surface area contributed by atoms with E-state index in [1.807, 2.05) is 6.07 Å². The lowest BCUT2D eigenvalue weighted by atomic mass is 10.2. The first-order valence-corrected chi connectivity index (χ1v) is 8.31. The van der Waals surface area contributed by atoms with Gasteiger partial charge in [-0.25, -0.2) is 8.78 Å². The third kappa shape index (κ3) is 3.97. The van der Waals surface area contributed by atoms with Crippen LogP contribution in [0.2, 0.25) is 0 Å². The quantitative estimate of drug-likeness (QED) is 0.830. The molecule has 8 heteroatoms. The number of carbonyl (C=O) groups excluding carboxylic acids is 3. The number of nitrogens with one attached hydrogen (secondary N) is 1. The van der Waals surface area contributed by atoms with Crippen molar-refractivity contribution in [1.82, 2.24) is 4.90 Å². The predicted octanol–water partition coefficient (Wildman–Crippen LogP) is 3.64. The fourth-order valence-corrected chi connectivity index (χ4v) is 3.09. The fourth-order valence-electron chi connectivity index (χ4n) is 2.25. The van der Waals surface area contributed by atoms with Crippen molar-refractivity contribution in [2.24, 2.45) is 0 Å². The second kappa shape index (κ2) is 7.49. The van der Waals surface area contributed by atoms with Crippen LogP contribution in [-0.4, -0.2) is 28.5 Å². The van der Waals surface area contributed by atoms with Crippen molar-refractivity contribution in [3.05, 3.63) is 70.6 Å². The molecule has 26 heavy (non-hydrogen) atoms. The molecule has 0 aromatic heterocycles. The van der Waals surface area contributed by atoms with E-state index in [0.717, 1.165) is 34.4 Å². The van der Waals surface area contributed by atoms with Crippen LogP contribution in [0.25, 0.3) is 6.08 Å². The highest BCUT2D eigenvalue weighted by Gasteiger charge is 2.36. The van der Waals surface area contributed by atoms with Gasteiger partial charge in [-0.2, -0.15) is 0 Å². The maximum atomic E-state index is 13.2. The van der Waals surface area contributed by atoms with Crippen LogP contribution in [0, 0.1) is 11.6 Å². The molecule has 3 amide bonds. The van der Waals surface area contributed by atoms with Crippen LogP contribution in [0.15, 0.2) is 53.4 Å². The SMILES string of the molecule is O=C(CN1C(=O)S/C(=C/c2ccccc2)C1=O)Nc1ccc(F)c(F)c1. The topological polar surface area (TPSA) is 66.5 Å². The summed E-state index contributed by atoms with van der Waals surface area (Å²) in [5, 5.41) is 1.75. The largest absolute Gasteiger partial charge is 0.324 e. The minimum atomic E-state index is -1.11. The molecule has 2 aromatic carbocycles. The first kappa shape index (κ1) is 17.8. The van der Waals surface area contributed by atoms with Crippen LogP contribution >= 0.6 is 11.8 Å². The number of amides is 3. The van der Waals surface area contributed by atoms with Gasteiger partial charge >= 0.3 is 0 Å². The van der Waals surface area contributed by atoms with Crippen LogP contribution in [0.1, 0.15) is 5.56 Å². The number of thioether (sulfide) groups is 1. The van der Waals surface area contributed by atoms with E-state index in [0.29, 0.717) is 0 Å². The minimum Gasteiger partial charge on any atom is -0.324 e. The van der Waals surface area contributed by atoms with E-state index in [1.54, 1.807) is 30.3 Å². The van der Waals surface area contributed by atoms with Gasteiger partial charge in [0.2, 0.25) is 5.91 Å². The van der Waals surface area contributed by atoms with Gasteiger partial charge in [0.05, 0.1) is 4.91 Å². The Morgan fingerprint density at radius 1 is 1.08 bits per heavy atom. The number of hydrogen-bond donors (Lipinski definition) is 1. The fraction of sp³-hybridized carbons (Fsp3) is 0.0556. The molecule has 5 nitrogen and oxygen atoms in total. The molecule has 0 saturated carbocycles. The standard InChI is InChI=1S/C18H12F2N2O3S/c19-13-7-6-12(9-14(13)20)21-16(23)10-22-17(24)15(26-18(22)25)8-11-4-2-1-3-5-11/h1-9H,10H2,(H,21,23)/b15-8+. The number of rotatable bonds is 4. The number of nitrogens with zero attached hydrogens (tertiary/aromatic N) is 1. The van der Waals surface area contributed by atoms with E-state index in [-0.39, 0.29) is 10.6 Å². The third-order valence-electron chi connectivity index (χ3n) is 3.48. The summed E-state index contributed by atoms with van der Waals surface area (Å²) in [6.07, 6.45) is 1.57. The zero-order chi connectivity index (χ0) is 18.7. The first-order valence-electron chi connectivity index (χ1n) is 7.49. The van der Waals surface area contributed by atoms with Gasteiger partial charge in [-0.15, -0.1) is 0 Å². The highest BCUT2D eigenvalue weighted by Crippen LogP contribution is 2.32. The van der Waals surface area contributed by atoms with Crippen molar-refractivity contribution in [2.45, 2.75) is 0 Å². The molecule has 2 aromatic rings.